The lowest BCUT2D eigenvalue weighted by Crippen LogP contribution is -2.26. The van der Waals surface area contributed by atoms with Gasteiger partial charge in [-0.2, -0.15) is 0 Å². The van der Waals surface area contributed by atoms with Gasteiger partial charge < -0.3 is 18.6 Å². The molecule has 2 heterocycles. The molecule has 2 aliphatic carbocycles. The van der Waals surface area contributed by atoms with Crippen molar-refractivity contribution in [1.82, 2.24) is 0 Å². The molecule has 12 aromatic carbocycles. The van der Waals surface area contributed by atoms with Crippen LogP contribution in [0.4, 0.5) is 34.1 Å². The molecule has 79 heavy (non-hydrogen) atoms. The van der Waals surface area contributed by atoms with E-state index in [0.717, 1.165) is 100 Å². The molecule has 14 aromatic rings. The molecule has 0 unspecified atom stereocenters. The van der Waals surface area contributed by atoms with Crippen molar-refractivity contribution >= 4 is 78.0 Å². The van der Waals surface area contributed by atoms with Gasteiger partial charge in [-0.1, -0.05) is 188 Å². The highest BCUT2D eigenvalue weighted by molar-refractivity contribution is 6.11. The standard InChI is InChI=1S/C75H50N2O2/c1-47-43-67-72(69(44-47)77(52-21-7-4-8-22-52)54-41-37-50(38-42-54)56-28-18-30-62-60-26-12-16-34-71(60)79-74(56)62)63-45-48(2)68(46-66(63)75(67)64-31-13-9-23-57(64)58-24-10-14-32-65(58)75)76(51-19-5-3-6-20-51)53-39-35-49(36-40-53)55-27-17-29-61-59-25-11-15-33-70(59)78-73(55)61/h3-46H,1-2H3. The Balaban J connectivity index is 0.906. The van der Waals surface area contributed by atoms with Crippen LogP contribution < -0.4 is 9.80 Å². The van der Waals surface area contributed by atoms with Gasteiger partial charge >= 0.3 is 0 Å². The zero-order chi connectivity index (χ0) is 52.3. The van der Waals surface area contributed by atoms with Crippen LogP contribution >= 0.6 is 0 Å². The van der Waals surface area contributed by atoms with Crippen LogP contribution in [0.1, 0.15) is 33.4 Å². The van der Waals surface area contributed by atoms with Gasteiger partial charge in [0.2, 0.25) is 0 Å². The molecule has 1 spiro atoms. The number of nitrogens with zero attached hydrogens (tertiary/aromatic N) is 2. The molecular formula is C75H50N2O2. The van der Waals surface area contributed by atoms with Crippen molar-refractivity contribution in [2.45, 2.75) is 19.3 Å². The van der Waals surface area contributed by atoms with E-state index in [4.69, 9.17) is 8.83 Å². The molecule has 0 fully saturated rings. The Morgan fingerprint density at radius 2 is 0.734 bits per heavy atom. The summed E-state index contributed by atoms with van der Waals surface area (Å²) in [5.41, 5.74) is 26.4. The first kappa shape index (κ1) is 45.1. The number of hydrogen-bond acceptors (Lipinski definition) is 4. The quantitative estimate of drug-likeness (QED) is 0.152. The van der Waals surface area contributed by atoms with Crippen LogP contribution in [-0.2, 0) is 5.41 Å². The molecule has 0 bridgehead atoms. The molecule has 4 nitrogen and oxygen atoms in total. The molecule has 0 saturated heterocycles. The summed E-state index contributed by atoms with van der Waals surface area (Å²) in [5.74, 6) is 0. The number of fused-ring (bicyclic) bond motifs is 16. The van der Waals surface area contributed by atoms with Crippen molar-refractivity contribution < 1.29 is 8.83 Å². The molecule has 4 heteroatoms. The van der Waals surface area contributed by atoms with E-state index in [-0.39, 0.29) is 0 Å². The van der Waals surface area contributed by atoms with Gasteiger partial charge in [0, 0.05) is 66.7 Å². The highest BCUT2D eigenvalue weighted by atomic mass is 16.3. The van der Waals surface area contributed by atoms with Crippen molar-refractivity contribution in [3.05, 3.63) is 300 Å². The fraction of sp³-hybridized carbons (Fsp3) is 0.0400. The van der Waals surface area contributed by atoms with E-state index < -0.39 is 5.41 Å². The van der Waals surface area contributed by atoms with Crippen LogP contribution in [0, 0.1) is 13.8 Å². The summed E-state index contributed by atoms with van der Waals surface area (Å²) >= 11 is 0. The molecule has 0 atom stereocenters. The summed E-state index contributed by atoms with van der Waals surface area (Å²) in [4.78, 5) is 4.92. The zero-order valence-electron chi connectivity index (χ0n) is 43.6. The van der Waals surface area contributed by atoms with Crippen LogP contribution in [-0.4, -0.2) is 0 Å². The monoisotopic (exact) mass is 1010 g/mol. The topological polar surface area (TPSA) is 32.8 Å². The summed E-state index contributed by atoms with van der Waals surface area (Å²) in [6.07, 6.45) is 0. The van der Waals surface area contributed by atoms with Crippen LogP contribution in [0.25, 0.3) is 88.4 Å². The predicted molar refractivity (Wildman–Crippen MR) is 327 cm³/mol. The molecule has 16 rings (SSSR count). The number of para-hydroxylation sites is 6. The normalized spacial score (nSPS) is 12.8. The Kier molecular flexibility index (Phi) is 9.95. The van der Waals surface area contributed by atoms with Gasteiger partial charge in [0.25, 0.3) is 0 Å². The maximum atomic E-state index is 6.56. The van der Waals surface area contributed by atoms with E-state index in [2.05, 4.69) is 278 Å². The van der Waals surface area contributed by atoms with Gasteiger partial charge in [0.05, 0.1) is 11.1 Å². The Bertz CT molecular complexity index is 4700. The number of aryl methyl sites for hydroxylation is 2. The second-order valence-electron chi connectivity index (χ2n) is 21.2. The molecule has 0 N–H and O–H groups in total. The molecule has 372 valence electrons. The summed E-state index contributed by atoms with van der Waals surface area (Å²) in [7, 11) is 0. The second-order valence-corrected chi connectivity index (χ2v) is 21.2. The minimum atomic E-state index is -0.629. The van der Waals surface area contributed by atoms with Crippen LogP contribution in [0.15, 0.2) is 276 Å². The third-order valence-electron chi connectivity index (χ3n) is 16.8. The molecule has 2 aromatic heterocycles. The van der Waals surface area contributed by atoms with E-state index in [0.29, 0.717) is 0 Å². The van der Waals surface area contributed by atoms with Crippen molar-refractivity contribution in [2.24, 2.45) is 0 Å². The average Bonchev–Trinajstić information content (AvgIpc) is 3.70. The SMILES string of the molecule is Cc1cc(N(c2ccccc2)c2ccc(-c3cccc4c3oc3ccccc34)cc2)c2c(c1)C1(c3ccccc3-c3ccccc31)c1cc(N(c3ccccc3)c3ccc(-c4cccc5c4oc4ccccc45)cc3)c(C)cc1-2. The van der Waals surface area contributed by atoms with Gasteiger partial charge in [0.15, 0.2) is 0 Å². The van der Waals surface area contributed by atoms with Crippen LogP contribution in [0.5, 0.6) is 0 Å². The Morgan fingerprint density at radius 3 is 1.27 bits per heavy atom. The summed E-state index contributed by atoms with van der Waals surface area (Å²) in [5, 5.41) is 4.50. The second kappa shape index (κ2) is 17.4. The largest absolute Gasteiger partial charge is 0.455 e. The number of benzene rings is 12. The number of furan rings is 2. The fourth-order valence-electron chi connectivity index (χ4n) is 13.5. The molecule has 0 radical (unpaired) electrons. The smallest absolute Gasteiger partial charge is 0.143 e. The first-order valence-corrected chi connectivity index (χ1v) is 27.2. The molecule has 0 aliphatic heterocycles. The van der Waals surface area contributed by atoms with Crippen LogP contribution in [0.3, 0.4) is 0 Å². The van der Waals surface area contributed by atoms with Gasteiger partial charge in [-0.15, -0.1) is 0 Å². The van der Waals surface area contributed by atoms with Gasteiger partial charge in [-0.25, -0.2) is 0 Å². The molecule has 2 aliphatic rings. The summed E-state index contributed by atoms with van der Waals surface area (Å²) < 4.78 is 13.1. The number of hydrogen-bond donors (Lipinski definition) is 0. The minimum absolute atomic E-state index is 0.629. The Hall–Kier alpha value is -10.2. The zero-order valence-corrected chi connectivity index (χ0v) is 43.6. The van der Waals surface area contributed by atoms with Crippen LogP contribution in [0.2, 0.25) is 0 Å². The number of anilines is 6. The van der Waals surface area contributed by atoms with E-state index in [1.165, 1.54) is 55.6 Å². The molecule has 0 saturated carbocycles. The first-order chi connectivity index (χ1) is 39.0. The third-order valence-corrected chi connectivity index (χ3v) is 16.8. The maximum absolute atomic E-state index is 6.56. The predicted octanol–water partition coefficient (Wildman–Crippen LogP) is 20.7. The van der Waals surface area contributed by atoms with E-state index in [9.17, 15) is 0 Å². The maximum Gasteiger partial charge on any atom is 0.143 e. The average molecular weight is 1010 g/mol. The minimum Gasteiger partial charge on any atom is -0.455 e. The summed E-state index contributed by atoms with van der Waals surface area (Å²) in [6.45, 7) is 4.55. The molecule has 0 amide bonds. The van der Waals surface area contributed by atoms with E-state index in [1.807, 2.05) is 12.1 Å². The Morgan fingerprint density at radius 1 is 0.304 bits per heavy atom. The molecular weight excluding hydrogens is 961 g/mol. The van der Waals surface area contributed by atoms with Crippen molar-refractivity contribution in [3.8, 4) is 44.5 Å². The summed E-state index contributed by atoms with van der Waals surface area (Å²) in [6, 6.07) is 97.4. The van der Waals surface area contributed by atoms with Crippen molar-refractivity contribution in [1.29, 1.82) is 0 Å². The lowest BCUT2D eigenvalue weighted by Gasteiger charge is -2.33. The lowest BCUT2D eigenvalue weighted by molar-refractivity contribution is 0.669. The third kappa shape index (κ3) is 6.68. The first-order valence-electron chi connectivity index (χ1n) is 27.2. The van der Waals surface area contributed by atoms with Crippen molar-refractivity contribution in [3.63, 3.8) is 0 Å². The van der Waals surface area contributed by atoms with Gasteiger partial charge in [-0.3, -0.25) is 0 Å². The van der Waals surface area contributed by atoms with E-state index in [1.54, 1.807) is 0 Å². The Labute approximate surface area is 458 Å². The number of rotatable bonds is 8. The van der Waals surface area contributed by atoms with Crippen molar-refractivity contribution in [2.75, 3.05) is 9.80 Å². The highest BCUT2D eigenvalue weighted by Crippen LogP contribution is 2.66. The van der Waals surface area contributed by atoms with Gasteiger partial charge in [0.1, 0.15) is 22.3 Å². The van der Waals surface area contributed by atoms with Gasteiger partial charge in [-0.05, 0) is 154 Å². The lowest BCUT2D eigenvalue weighted by atomic mass is 9.70. The van der Waals surface area contributed by atoms with E-state index >= 15 is 0 Å². The highest BCUT2D eigenvalue weighted by Gasteiger charge is 2.53. The fourth-order valence-corrected chi connectivity index (χ4v) is 13.5.